The third kappa shape index (κ3) is 2.59. The number of hydrogen-bond donors (Lipinski definition) is 1. The molecule has 2 atom stereocenters. The number of rotatable bonds is 2. The summed E-state index contributed by atoms with van der Waals surface area (Å²) in [5.74, 6) is -0.321. The van der Waals surface area contributed by atoms with Crippen LogP contribution in [0.5, 0.6) is 0 Å². The molecule has 1 aromatic carbocycles. The molecule has 6 heteroatoms. The first-order valence-electron chi connectivity index (χ1n) is 9.55. The van der Waals surface area contributed by atoms with Crippen molar-refractivity contribution in [1.29, 1.82) is 0 Å². The standard InChI is InChI=1S/C20H25N3O3/c1-14-7-4-5-11-20(14)18(25)23(19(26)21-20)13-17(24)22-12-6-9-15-8-2-3-10-16(15)22/h2-3,8,10,14H,4-7,9,11-13H2,1H3,(H,21,26)/t14-,20-/m0/s1. The first-order chi connectivity index (χ1) is 12.5. The molecule has 1 spiro atoms. The van der Waals surface area contributed by atoms with Crippen LogP contribution in [0, 0.1) is 5.92 Å². The average Bonchev–Trinajstić information content (AvgIpc) is 2.88. The maximum Gasteiger partial charge on any atom is 0.325 e. The molecule has 1 aliphatic carbocycles. The van der Waals surface area contributed by atoms with Crippen LogP contribution < -0.4 is 10.2 Å². The number of benzene rings is 1. The minimum absolute atomic E-state index is 0.100. The highest BCUT2D eigenvalue weighted by molar-refractivity contribution is 6.10. The fraction of sp³-hybridized carbons (Fsp3) is 0.550. The lowest BCUT2D eigenvalue weighted by Gasteiger charge is -2.37. The Hall–Kier alpha value is -2.37. The zero-order chi connectivity index (χ0) is 18.3. The zero-order valence-electron chi connectivity index (χ0n) is 15.2. The molecule has 2 fully saturated rings. The Labute approximate surface area is 153 Å². The summed E-state index contributed by atoms with van der Waals surface area (Å²) in [5, 5.41) is 2.91. The number of fused-ring (bicyclic) bond motifs is 1. The molecule has 3 aliphatic rings. The quantitative estimate of drug-likeness (QED) is 0.829. The lowest BCUT2D eigenvalue weighted by molar-refractivity contribution is -0.136. The summed E-state index contributed by atoms with van der Waals surface area (Å²) in [5.41, 5.74) is 1.23. The second-order valence-electron chi connectivity index (χ2n) is 7.72. The van der Waals surface area contributed by atoms with Crippen LogP contribution in [0.4, 0.5) is 10.5 Å². The number of carbonyl (C=O) groups excluding carboxylic acids is 3. The van der Waals surface area contributed by atoms with Crippen LogP contribution in [0.2, 0.25) is 0 Å². The minimum Gasteiger partial charge on any atom is -0.323 e. The van der Waals surface area contributed by atoms with Gasteiger partial charge in [0.1, 0.15) is 12.1 Å². The summed E-state index contributed by atoms with van der Waals surface area (Å²) in [6.45, 7) is 2.46. The van der Waals surface area contributed by atoms with Gasteiger partial charge in [-0.1, -0.05) is 38.0 Å². The van der Waals surface area contributed by atoms with Crippen molar-refractivity contribution >= 4 is 23.5 Å². The van der Waals surface area contributed by atoms with Gasteiger partial charge in [-0.2, -0.15) is 0 Å². The number of urea groups is 1. The fourth-order valence-corrected chi connectivity index (χ4v) is 4.65. The predicted octanol–water partition coefficient (Wildman–Crippen LogP) is 2.47. The molecule has 2 heterocycles. The van der Waals surface area contributed by atoms with E-state index in [1.165, 1.54) is 0 Å². The summed E-state index contributed by atoms with van der Waals surface area (Å²) in [6.07, 6.45) is 5.43. The van der Waals surface area contributed by atoms with E-state index in [2.05, 4.69) is 5.32 Å². The molecule has 138 valence electrons. The molecule has 1 N–H and O–H groups in total. The number of nitrogens with zero attached hydrogens (tertiary/aromatic N) is 2. The van der Waals surface area contributed by atoms with Gasteiger partial charge in [0.2, 0.25) is 5.91 Å². The van der Waals surface area contributed by atoms with Gasteiger partial charge in [0.25, 0.3) is 5.91 Å². The number of nitrogens with one attached hydrogen (secondary N) is 1. The molecule has 1 saturated carbocycles. The summed E-state index contributed by atoms with van der Waals surface area (Å²) < 4.78 is 0. The van der Waals surface area contributed by atoms with E-state index in [1.807, 2.05) is 31.2 Å². The monoisotopic (exact) mass is 355 g/mol. The van der Waals surface area contributed by atoms with Crippen LogP contribution in [-0.4, -0.2) is 41.4 Å². The molecule has 2 aliphatic heterocycles. The van der Waals surface area contributed by atoms with Crippen LogP contribution >= 0.6 is 0 Å². The maximum absolute atomic E-state index is 13.0. The SMILES string of the molecule is C[C@H]1CCCC[C@]12NC(=O)N(CC(=O)N1CCCc3ccccc31)C2=O. The van der Waals surface area contributed by atoms with Gasteiger partial charge in [0.05, 0.1) is 0 Å². The van der Waals surface area contributed by atoms with Crippen LogP contribution in [0.15, 0.2) is 24.3 Å². The van der Waals surface area contributed by atoms with Gasteiger partial charge >= 0.3 is 6.03 Å². The number of carbonyl (C=O) groups is 3. The Bertz CT molecular complexity index is 762. The molecular weight excluding hydrogens is 330 g/mol. The smallest absolute Gasteiger partial charge is 0.323 e. The molecule has 0 radical (unpaired) electrons. The summed E-state index contributed by atoms with van der Waals surface area (Å²) in [7, 11) is 0. The normalized spacial score (nSPS) is 28.3. The van der Waals surface area contributed by atoms with Crippen molar-refractivity contribution in [3.63, 3.8) is 0 Å². The highest BCUT2D eigenvalue weighted by atomic mass is 16.2. The Morgan fingerprint density at radius 3 is 2.85 bits per heavy atom. The number of amides is 4. The fourth-order valence-electron chi connectivity index (χ4n) is 4.65. The van der Waals surface area contributed by atoms with Gasteiger partial charge in [-0.15, -0.1) is 0 Å². The van der Waals surface area contributed by atoms with Crippen molar-refractivity contribution in [1.82, 2.24) is 10.2 Å². The molecule has 0 unspecified atom stereocenters. The van der Waals surface area contributed by atoms with Gasteiger partial charge in [-0.25, -0.2) is 4.79 Å². The number of aryl methyl sites for hydroxylation is 1. The highest BCUT2D eigenvalue weighted by Crippen LogP contribution is 2.38. The van der Waals surface area contributed by atoms with Crippen molar-refractivity contribution in [2.24, 2.45) is 5.92 Å². The molecule has 1 saturated heterocycles. The van der Waals surface area contributed by atoms with E-state index in [0.717, 1.165) is 48.3 Å². The maximum atomic E-state index is 13.0. The number of imide groups is 1. The van der Waals surface area contributed by atoms with Crippen molar-refractivity contribution in [2.45, 2.75) is 51.0 Å². The van der Waals surface area contributed by atoms with Crippen molar-refractivity contribution in [2.75, 3.05) is 18.0 Å². The first-order valence-corrected chi connectivity index (χ1v) is 9.55. The zero-order valence-corrected chi connectivity index (χ0v) is 15.2. The molecule has 0 bridgehead atoms. The molecule has 26 heavy (non-hydrogen) atoms. The molecular formula is C20H25N3O3. The molecule has 6 nitrogen and oxygen atoms in total. The van der Waals surface area contributed by atoms with Crippen molar-refractivity contribution in [3.05, 3.63) is 29.8 Å². The topological polar surface area (TPSA) is 69.7 Å². The number of anilines is 1. The Kier molecular flexibility index (Phi) is 4.21. The number of hydrogen-bond acceptors (Lipinski definition) is 3. The van der Waals surface area contributed by atoms with E-state index in [0.29, 0.717) is 13.0 Å². The van der Waals surface area contributed by atoms with Crippen LogP contribution in [0.25, 0.3) is 0 Å². The van der Waals surface area contributed by atoms with Crippen molar-refractivity contribution in [3.8, 4) is 0 Å². The van der Waals surface area contributed by atoms with Crippen LogP contribution in [-0.2, 0) is 16.0 Å². The summed E-state index contributed by atoms with van der Waals surface area (Å²) in [4.78, 5) is 41.3. The van der Waals surface area contributed by atoms with E-state index in [1.54, 1.807) is 4.90 Å². The third-order valence-electron chi connectivity index (χ3n) is 6.21. The second kappa shape index (κ2) is 6.41. The highest BCUT2D eigenvalue weighted by Gasteiger charge is 2.55. The Balaban J connectivity index is 1.54. The summed E-state index contributed by atoms with van der Waals surface area (Å²) >= 11 is 0. The second-order valence-corrected chi connectivity index (χ2v) is 7.72. The van der Waals surface area contributed by atoms with Crippen LogP contribution in [0.3, 0.4) is 0 Å². The predicted molar refractivity (Wildman–Crippen MR) is 97.7 cm³/mol. The van der Waals surface area contributed by atoms with E-state index in [9.17, 15) is 14.4 Å². The van der Waals surface area contributed by atoms with Gasteiger partial charge in [0, 0.05) is 12.2 Å². The first kappa shape index (κ1) is 17.1. The molecule has 0 aromatic heterocycles. The van der Waals surface area contributed by atoms with Crippen molar-refractivity contribution < 1.29 is 14.4 Å². The van der Waals surface area contributed by atoms with E-state index in [-0.39, 0.29) is 24.3 Å². The van der Waals surface area contributed by atoms with Gasteiger partial charge in [0.15, 0.2) is 0 Å². The molecule has 1 aromatic rings. The van der Waals surface area contributed by atoms with Gasteiger partial charge in [-0.3, -0.25) is 14.5 Å². The third-order valence-corrected chi connectivity index (χ3v) is 6.21. The largest absolute Gasteiger partial charge is 0.325 e. The minimum atomic E-state index is -0.810. The Morgan fingerprint density at radius 2 is 2.04 bits per heavy atom. The van der Waals surface area contributed by atoms with Crippen LogP contribution in [0.1, 0.15) is 44.6 Å². The van der Waals surface area contributed by atoms with Gasteiger partial charge in [-0.05, 0) is 43.2 Å². The lowest BCUT2D eigenvalue weighted by atomic mass is 9.73. The van der Waals surface area contributed by atoms with E-state index >= 15 is 0 Å². The van der Waals surface area contributed by atoms with E-state index < -0.39 is 11.6 Å². The summed E-state index contributed by atoms with van der Waals surface area (Å²) in [6, 6.07) is 7.42. The van der Waals surface area contributed by atoms with E-state index in [4.69, 9.17) is 0 Å². The van der Waals surface area contributed by atoms with Gasteiger partial charge < -0.3 is 10.2 Å². The Morgan fingerprint density at radius 1 is 1.23 bits per heavy atom. The molecule has 4 amide bonds. The lowest BCUT2D eigenvalue weighted by Crippen LogP contribution is -2.54. The molecule has 4 rings (SSSR count). The average molecular weight is 355 g/mol. The number of para-hydroxylation sites is 1.